The predicted octanol–water partition coefficient (Wildman–Crippen LogP) is 3.30. The smallest absolute Gasteiger partial charge is 0.323 e. The van der Waals surface area contributed by atoms with Gasteiger partial charge in [0, 0.05) is 16.1 Å². The highest BCUT2D eigenvalue weighted by atomic mass is 79.9. The van der Waals surface area contributed by atoms with Crippen LogP contribution in [0, 0.1) is 0 Å². The number of aromatic hydroxyl groups is 1. The van der Waals surface area contributed by atoms with Crippen LogP contribution in [0.4, 0.5) is 16.2 Å². The summed E-state index contributed by atoms with van der Waals surface area (Å²) in [7, 11) is 0. The summed E-state index contributed by atoms with van der Waals surface area (Å²) >= 11 is 3.33. The molecule has 7 heteroatoms. The van der Waals surface area contributed by atoms with Gasteiger partial charge in [-0.25, -0.2) is 4.79 Å². The number of benzene rings is 2. The van der Waals surface area contributed by atoms with E-state index in [0.29, 0.717) is 11.3 Å². The van der Waals surface area contributed by atoms with Gasteiger partial charge in [-0.3, -0.25) is 4.79 Å². The first-order valence-electron chi connectivity index (χ1n) is 6.59. The average molecular weight is 376 g/mol. The van der Waals surface area contributed by atoms with Crippen molar-refractivity contribution < 1.29 is 14.7 Å². The number of primary amides is 1. The molecule has 0 unspecified atom stereocenters. The van der Waals surface area contributed by atoms with Crippen molar-refractivity contribution >= 4 is 45.3 Å². The van der Waals surface area contributed by atoms with Crippen molar-refractivity contribution in [2.45, 2.75) is 0 Å². The summed E-state index contributed by atoms with van der Waals surface area (Å²) in [5.74, 6) is -0.790. The molecule has 0 aliphatic carbocycles. The van der Waals surface area contributed by atoms with E-state index in [9.17, 15) is 14.7 Å². The Labute approximate surface area is 141 Å². The zero-order valence-corrected chi connectivity index (χ0v) is 13.5. The molecule has 0 saturated carbocycles. The molecule has 0 heterocycles. The first-order valence-corrected chi connectivity index (χ1v) is 7.38. The van der Waals surface area contributed by atoms with Gasteiger partial charge in [0.2, 0.25) is 5.91 Å². The fourth-order valence-corrected chi connectivity index (χ4v) is 2.19. The lowest BCUT2D eigenvalue weighted by Gasteiger charge is -2.11. The number of amides is 3. The third kappa shape index (κ3) is 4.58. The van der Waals surface area contributed by atoms with Crippen LogP contribution in [0.25, 0.3) is 6.08 Å². The van der Waals surface area contributed by atoms with Crippen LogP contribution in [0.15, 0.2) is 53.0 Å². The molecule has 6 nitrogen and oxygen atoms in total. The number of nitrogens with two attached hydrogens (primary N) is 1. The lowest BCUT2D eigenvalue weighted by molar-refractivity contribution is -0.113. The second-order valence-corrected chi connectivity index (χ2v) is 5.39. The van der Waals surface area contributed by atoms with E-state index in [0.717, 1.165) is 10.5 Å². The summed E-state index contributed by atoms with van der Waals surface area (Å²) in [4.78, 5) is 22.8. The second kappa shape index (κ2) is 7.46. The Hall–Kier alpha value is -2.80. The standard InChI is InChI=1S/C16H14BrN3O3/c17-11-5-1-2-6-12(11)19-16(23)20-13-7-3-4-10(15(13)22)8-9-14(18)21/h1-9,22H,(H2,18,21)(H2,19,20,23). The Morgan fingerprint density at radius 2 is 1.70 bits per heavy atom. The molecule has 0 spiro atoms. The molecule has 0 aromatic heterocycles. The number of hydrogen-bond donors (Lipinski definition) is 4. The van der Waals surface area contributed by atoms with Crippen LogP contribution in [0.3, 0.4) is 0 Å². The highest BCUT2D eigenvalue weighted by Crippen LogP contribution is 2.29. The number of rotatable bonds is 4. The molecule has 0 atom stereocenters. The molecule has 118 valence electrons. The van der Waals surface area contributed by atoms with Crippen LogP contribution in [0.1, 0.15) is 5.56 Å². The van der Waals surface area contributed by atoms with Crippen LogP contribution in [0.2, 0.25) is 0 Å². The van der Waals surface area contributed by atoms with Crippen molar-refractivity contribution in [2.75, 3.05) is 10.6 Å². The van der Waals surface area contributed by atoms with Crippen LogP contribution >= 0.6 is 15.9 Å². The Morgan fingerprint density at radius 1 is 1.04 bits per heavy atom. The molecule has 5 N–H and O–H groups in total. The summed E-state index contributed by atoms with van der Waals surface area (Å²) in [5.41, 5.74) is 6.18. The zero-order valence-electron chi connectivity index (χ0n) is 11.9. The third-order valence-corrected chi connectivity index (χ3v) is 3.56. The number of carbonyl (C=O) groups is 2. The highest BCUT2D eigenvalue weighted by Gasteiger charge is 2.10. The molecule has 0 saturated heterocycles. The number of phenolic OH excluding ortho intramolecular Hbond substituents is 1. The Balaban J connectivity index is 2.14. The third-order valence-electron chi connectivity index (χ3n) is 2.86. The number of urea groups is 1. The summed E-state index contributed by atoms with van der Waals surface area (Å²) < 4.78 is 0.734. The first-order chi connectivity index (χ1) is 11.0. The molecule has 0 radical (unpaired) electrons. The monoisotopic (exact) mass is 375 g/mol. The van der Waals surface area contributed by atoms with E-state index in [1.807, 2.05) is 6.07 Å². The minimum atomic E-state index is -0.630. The van der Waals surface area contributed by atoms with Crippen molar-refractivity contribution in [3.05, 3.63) is 58.6 Å². The van der Waals surface area contributed by atoms with Gasteiger partial charge in [0.15, 0.2) is 0 Å². The van der Waals surface area contributed by atoms with Gasteiger partial charge in [-0.1, -0.05) is 24.3 Å². The number of phenols is 1. The van der Waals surface area contributed by atoms with Crippen LogP contribution in [-0.2, 0) is 4.79 Å². The minimum Gasteiger partial charge on any atom is -0.505 e. The molecule has 0 fully saturated rings. The fourth-order valence-electron chi connectivity index (χ4n) is 1.81. The quantitative estimate of drug-likeness (QED) is 0.486. The number of anilines is 2. The largest absolute Gasteiger partial charge is 0.505 e. The maximum Gasteiger partial charge on any atom is 0.323 e. The Morgan fingerprint density at radius 3 is 2.39 bits per heavy atom. The molecule has 23 heavy (non-hydrogen) atoms. The van der Waals surface area contributed by atoms with Crippen LogP contribution < -0.4 is 16.4 Å². The van der Waals surface area contributed by atoms with Crippen molar-refractivity contribution in [2.24, 2.45) is 5.73 Å². The number of halogens is 1. The van der Waals surface area contributed by atoms with E-state index in [1.54, 1.807) is 30.3 Å². The van der Waals surface area contributed by atoms with E-state index < -0.39 is 11.9 Å². The Bertz CT molecular complexity index is 775. The predicted molar refractivity (Wildman–Crippen MR) is 93.1 cm³/mol. The average Bonchev–Trinajstić information content (AvgIpc) is 2.50. The van der Waals surface area contributed by atoms with E-state index in [-0.39, 0.29) is 11.4 Å². The van der Waals surface area contributed by atoms with Crippen molar-refractivity contribution in [3.8, 4) is 5.75 Å². The molecule has 0 bridgehead atoms. The SMILES string of the molecule is NC(=O)C=Cc1cccc(NC(=O)Nc2ccccc2Br)c1O. The molecule has 0 aliphatic heterocycles. The Kier molecular flexibility index (Phi) is 5.37. The van der Waals surface area contributed by atoms with Gasteiger partial charge in [0.1, 0.15) is 5.75 Å². The highest BCUT2D eigenvalue weighted by molar-refractivity contribution is 9.10. The van der Waals surface area contributed by atoms with Gasteiger partial charge in [-0.2, -0.15) is 0 Å². The maximum atomic E-state index is 12.0. The molecular weight excluding hydrogens is 362 g/mol. The zero-order chi connectivity index (χ0) is 16.8. The molecule has 3 amide bonds. The number of hydrogen-bond acceptors (Lipinski definition) is 3. The van der Waals surface area contributed by atoms with Crippen molar-refractivity contribution in [3.63, 3.8) is 0 Å². The van der Waals surface area contributed by atoms with Crippen molar-refractivity contribution in [1.29, 1.82) is 0 Å². The minimum absolute atomic E-state index is 0.160. The van der Waals surface area contributed by atoms with E-state index in [1.165, 1.54) is 12.1 Å². The van der Waals surface area contributed by atoms with E-state index >= 15 is 0 Å². The number of carbonyl (C=O) groups excluding carboxylic acids is 2. The lowest BCUT2D eigenvalue weighted by atomic mass is 10.1. The van der Waals surface area contributed by atoms with Gasteiger partial charge < -0.3 is 21.5 Å². The van der Waals surface area contributed by atoms with Gasteiger partial charge in [0.25, 0.3) is 0 Å². The van der Waals surface area contributed by atoms with E-state index in [4.69, 9.17) is 5.73 Å². The van der Waals surface area contributed by atoms with Gasteiger partial charge in [0.05, 0.1) is 11.4 Å². The summed E-state index contributed by atoms with van der Waals surface area (Å²) in [6.07, 6.45) is 2.49. The van der Waals surface area contributed by atoms with Crippen molar-refractivity contribution in [1.82, 2.24) is 0 Å². The van der Waals surface area contributed by atoms with Crippen LogP contribution in [0.5, 0.6) is 5.75 Å². The van der Waals surface area contributed by atoms with Gasteiger partial charge in [-0.15, -0.1) is 0 Å². The molecule has 2 aromatic rings. The number of para-hydroxylation sites is 2. The summed E-state index contributed by atoms with van der Waals surface area (Å²) in [6.45, 7) is 0. The van der Waals surface area contributed by atoms with E-state index in [2.05, 4.69) is 26.6 Å². The maximum absolute atomic E-state index is 12.0. The first kappa shape index (κ1) is 16.6. The summed E-state index contributed by atoms with van der Waals surface area (Å²) in [6, 6.07) is 11.4. The van der Waals surface area contributed by atoms with Crippen LogP contribution in [-0.4, -0.2) is 17.0 Å². The molecule has 2 aromatic carbocycles. The molecular formula is C16H14BrN3O3. The topological polar surface area (TPSA) is 104 Å². The second-order valence-electron chi connectivity index (χ2n) is 4.54. The summed E-state index contributed by atoms with van der Waals surface area (Å²) in [5, 5.41) is 15.3. The van der Waals surface area contributed by atoms with Gasteiger partial charge in [-0.05, 0) is 40.2 Å². The lowest BCUT2D eigenvalue weighted by Crippen LogP contribution is -2.19. The molecule has 2 rings (SSSR count). The normalized spacial score (nSPS) is 10.5. The fraction of sp³-hybridized carbons (Fsp3) is 0. The molecule has 0 aliphatic rings. The number of nitrogens with one attached hydrogen (secondary N) is 2. The van der Waals surface area contributed by atoms with Gasteiger partial charge >= 0.3 is 6.03 Å².